The van der Waals surface area contributed by atoms with Crippen molar-refractivity contribution in [2.45, 2.75) is 52.6 Å². The Morgan fingerprint density at radius 2 is 0.692 bits per heavy atom. The average molecular weight is 197 g/mol. The second-order valence-corrected chi connectivity index (χ2v) is 4.79. The molecule has 0 heterocycles. The maximum absolute atomic E-state index is 4.02. The fraction of sp³-hybridized carbons (Fsp3) is 1.00. The van der Waals surface area contributed by atoms with Gasteiger partial charge in [0.25, 0.3) is 0 Å². The summed E-state index contributed by atoms with van der Waals surface area (Å²) in [5.74, 6) is 0. The molecule has 0 aromatic carbocycles. The van der Waals surface area contributed by atoms with Crippen molar-refractivity contribution in [3.8, 4) is 0 Å². The molecule has 13 heavy (non-hydrogen) atoms. The summed E-state index contributed by atoms with van der Waals surface area (Å²) < 4.78 is 0. The summed E-state index contributed by atoms with van der Waals surface area (Å²) in [6.45, 7) is 12.5. The van der Waals surface area contributed by atoms with Crippen LogP contribution in [0.4, 0.5) is 0 Å². The third-order valence-electron chi connectivity index (χ3n) is 1.34. The van der Waals surface area contributed by atoms with Gasteiger partial charge in [0.2, 0.25) is 0 Å². The molecule has 0 aromatic heterocycles. The minimum absolute atomic E-state index is 0. The summed E-state index contributed by atoms with van der Waals surface area (Å²) in [6, 6.07) is 0. The Balaban J connectivity index is -0.000000143. The van der Waals surface area contributed by atoms with Crippen LogP contribution in [0.3, 0.4) is 0 Å². The van der Waals surface area contributed by atoms with E-state index in [1.165, 1.54) is 0 Å². The van der Waals surface area contributed by atoms with Gasteiger partial charge in [-0.25, -0.2) is 0 Å². The summed E-state index contributed by atoms with van der Waals surface area (Å²) in [5.41, 5.74) is 0.333. The van der Waals surface area contributed by atoms with E-state index in [0.717, 1.165) is 0 Å². The van der Waals surface area contributed by atoms with Gasteiger partial charge in [0.1, 0.15) is 0 Å². The normalized spacial score (nSPS) is 11.1. The second kappa shape index (κ2) is 8.03. The van der Waals surface area contributed by atoms with Crippen molar-refractivity contribution in [2.24, 2.45) is 0 Å². The van der Waals surface area contributed by atoms with Crippen LogP contribution in [0, 0.1) is 0 Å². The van der Waals surface area contributed by atoms with Crippen LogP contribution in [0.15, 0.2) is 0 Å². The Kier molecular flexibility index (Phi) is 11.9. The second-order valence-electron chi connectivity index (χ2n) is 4.79. The Bertz CT molecular complexity index is 86.5. The molecular formula is C10H24MgN2. The molecule has 0 aliphatic carbocycles. The number of hydrogen-bond acceptors (Lipinski definition) is 0. The van der Waals surface area contributed by atoms with Crippen molar-refractivity contribution in [1.29, 1.82) is 0 Å². The van der Waals surface area contributed by atoms with Crippen LogP contribution in [0.25, 0.3) is 10.6 Å². The maximum atomic E-state index is 4.02. The summed E-state index contributed by atoms with van der Waals surface area (Å²) in [5, 5.41) is 8.04. The molecule has 0 rings (SSSR count). The predicted octanol–water partition coefficient (Wildman–Crippen LogP) is 3.20. The van der Waals surface area contributed by atoms with E-state index in [-0.39, 0.29) is 34.1 Å². The first-order valence-electron chi connectivity index (χ1n) is 4.34. The van der Waals surface area contributed by atoms with E-state index >= 15 is 0 Å². The van der Waals surface area contributed by atoms with Gasteiger partial charge in [0, 0.05) is 0 Å². The number of nitrogens with zero attached hydrogens (tertiary/aromatic N) is 2. The van der Waals surface area contributed by atoms with Crippen LogP contribution in [0.5, 0.6) is 0 Å². The van der Waals surface area contributed by atoms with Crippen LogP contribution < -0.4 is 0 Å². The third kappa shape index (κ3) is 32.4. The molecule has 0 unspecified atom stereocenters. The zero-order valence-electron chi connectivity index (χ0n) is 10.6. The van der Waals surface area contributed by atoms with Crippen molar-refractivity contribution < 1.29 is 0 Å². The maximum Gasteiger partial charge on any atom is 2.00 e. The van der Waals surface area contributed by atoms with E-state index in [9.17, 15) is 0 Å². The van der Waals surface area contributed by atoms with Gasteiger partial charge in [0.05, 0.1) is 0 Å². The molecule has 0 atom stereocenters. The molecule has 0 aliphatic heterocycles. The van der Waals surface area contributed by atoms with Crippen molar-refractivity contribution in [3.05, 3.63) is 10.6 Å². The van der Waals surface area contributed by atoms with Crippen molar-refractivity contribution in [1.82, 2.24) is 0 Å². The zero-order chi connectivity index (χ0) is 10.4. The van der Waals surface area contributed by atoms with Crippen LogP contribution >= 0.6 is 0 Å². The first-order chi connectivity index (χ1) is 5.12. The first kappa shape index (κ1) is 19.3. The average Bonchev–Trinajstić information content (AvgIpc) is 1.86. The predicted molar refractivity (Wildman–Crippen MR) is 63.8 cm³/mol. The fourth-order valence-corrected chi connectivity index (χ4v) is 0. The quantitative estimate of drug-likeness (QED) is 0.533. The molecule has 0 aromatic rings. The van der Waals surface area contributed by atoms with Gasteiger partial charge in [-0.3, -0.25) is 0 Å². The number of rotatable bonds is 0. The van der Waals surface area contributed by atoms with Gasteiger partial charge in [0.15, 0.2) is 0 Å². The molecule has 0 spiro atoms. The Morgan fingerprint density at radius 3 is 0.692 bits per heavy atom. The zero-order valence-corrected chi connectivity index (χ0v) is 12.0. The van der Waals surface area contributed by atoms with Crippen LogP contribution in [-0.4, -0.2) is 48.2 Å². The van der Waals surface area contributed by atoms with Crippen LogP contribution in [0.2, 0.25) is 0 Å². The topological polar surface area (TPSA) is 28.2 Å². The van der Waals surface area contributed by atoms with Crippen molar-refractivity contribution in [2.75, 3.05) is 14.1 Å². The smallest absolute Gasteiger partial charge is 0.660 e. The monoisotopic (exact) mass is 196 g/mol. The molecule has 0 fully saturated rings. The fourth-order valence-electron chi connectivity index (χ4n) is 0. The van der Waals surface area contributed by atoms with Crippen LogP contribution in [0.1, 0.15) is 41.5 Å². The van der Waals surface area contributed by atoms with E-state index < -0.39 is 0 Å². The Morgan fingerprint density at radius 1 is 0.615 bits per heavy atom. The van der Waals surface area contributed by atoms with Gasteiger partial charge in [-0.15, -0.1) is 11.1 Å². The SMILES string of the molecule is C[N-]C(C)(C)C.C[N-]C(C)(C)C.[Mg+2]. The van der Waals surface area contributed by atoms with E-state index in [1.54, 1.807) is 0 Å². The minimum atomic E-state index is 0. The largest absolute Gasteiger partial charge is 2.00 e. The molecule has 76 valence electrons. The molecule has 2 nitrogen and oxygen atoms in total. The van der Waals surface area contributed by atoms with E-state index in [4.69, 9.17) is 0 Å². The van der Waals surface area contributed by atoms with E-state index in [0.29, 0.717) is 0 Å². The minimum Gasteiger partial charge on any atom is -0.660 e. The third-order valence-corrected chi connectivity index (χ3v) is 1.34. The molecular weight excluding hydrogens is 172 g/mol. The van der Waals surface area contributed by atoms with Gasteiger partial charge in [-0.05, 0) is 0 Å². The molecule has 0 radical (unpaired) electrons. The van der Waals surface area contributed by atoms with Gasteiger partial charge in [-0.2, -0.15) is 14.1 Å². The van der Waals surface area contributed by atoms with E-state index in [1.807, 2.05) is 14.1 Å². The summed E-state index contributed by atoms with van der Waals surface area (Å²) in [7, 11) is 3.67. The van der Waals surface area contributed by atoms with Gasteiger partial charge < -0.3 is 10.6 Å². The molecule has 0 saturated carbocycles. The Labute approximate surface area is 100 Å². The van der Waals surface area contributed by atoms with Crippen LogP contribution in [-0.2, 0) is 0 Å². The molecule has 0 aliphatic rings. The standard InChI is InChI=1S/2C5H12N.Mg/c2*1-5(2,3)6-4;/h2*1-4H3;/q2*-1;+2. The summed E-state index contributed by atoms with van der Waals surface area (Å²) in [4.78, 5) is 0. The molecule has 0 saturated heterocycles. The Hall–Kier alpha value is 0.686. The van der Waals surface area contributed by atoms with Gasteiger partial charge in [-0.1, -0.05) is 41.5 Å². The van der Waals surface area contributed by atoms with Gasteiger partial charge >= 0.3 is 23.1 Å². The molecule has 3 heteroatoms. The molecule has 0 amide bonds. The van der Waals surface area contributed by atoms with Crippen molar-refractivity contribution in [3.63, 3.8) is 0 Å². The summed E-state index contributed by atoms with van der Waals surface area (Å²) >= 11 is 0. The summed E-state index contributed by atoms with van der Waals surface area (Å²) in [6.07, 6.45) is 0. The number of hydrogen-bond donors (Lipinski definition) is 0. The van der Waals surface area contributed by atoms with Crippen molar-refractivity contribution >= 4 is 23.1 Å². The first-order valence-corrected chi connectivity index (χ1v) is 4.34. The molecule has 0 N–H and O–H groups in total. The van der Waals surface area contributed by atoms with E-state index in [2.05, 4.69) is 52.2 Å². The molecule has 0 bridgehead atoms.